The van der Waals surface area contributed by atoms with E-state index >= 15 is 0 Å². The number of ether oxygens (including phenoxy) is 2. The lowest BCUT2D eigenvalue weighted by molar-refractivity contribution is -0.147. The third-order valence-corrected chi connectivity index (χ3v) is 6.13. The molecule has 0 bridgehead atoms. The number of Topliss-reactive ketones (excluding diaryl/α,β-unsaturated/α-hetero) is 1. The van der Waals surface area contributed by atoms with Gasteiger partial charge in [0.2, 0.25) is 0 Å². The van der Waals surface area contributed by atoms with E-state index in [9.17, 15) is 9.59 Å². The fourth-order valence-corrected chi connectivity index (χ4v) is 4.44. The van der Waals surface area contributed by atoms with Crippen LogP contribution in [0.2, 0.25) is 10.0 Å². The normalized spacial score (nSPS) is 23.5. The van der Waals surface area contributed by atoms with E-state index in [1.807, 2.05) is 13.0 Å². The van der Waals surface area contributed by atoms with E-state index in [4.69, 9.17) is 32.7 Å². The Morgan fingerprint density at radius 1 is 1.21 bits per heavy atom. The van der Waals surface area contributed by atoms with Crippen LogP contribution in [-0.4, -0.2) is 37.8 Å². The maximum absolute atomic E-state index is 13.2. The molecule has 29 heavy (non-hydrogen) atoms. The number of nitrogens with zero attached hydrogens (tertiary/aromatic N) is 1. The molecule has 1 aliphatic carbocycles. The van der Waals surface area contributed by atoms with Crippen molar-refractivity contribution in [3.8, 4) is 0 Å². The van der Waals surface area contributed by atoms with E-state index in [1.54, 1.807) is 19.2 Å². The number of aliphatic imine (C=N–C) groups is 1. The summed E-state index contributed by atoms with van der Waals surface area (Å²) in [5.74, 6) is -1.62. The molecule has 0 aromatic heterocycles. The monoisotopic (exact) mass is 437 g/mol. The van der Waals surface area contributed by atoms with Gasteiger partial charge in [0, 0.05) is 36.4 Å². The molecule has 2 atom stereocenters. The second-order valence-electron chi connectivity index (χ2n) is 8.34. The number of halogens is 2. The van der Waals surface area contributed by atoms with Gasteiger partial charge in [0.05, 0.1) is 16.7 Å². The van der Waals surface area contributed by atoms with E-state index in [1.165, 1.54) is 0 Å². The minimum Gasteiger partial charge on any atom is -0.463 e. The second-order valence-corrected chi connectivity index (χ2v) is 9.16. The molecular formula is C22H25Cl2NO4. The minimum absolute atomic E-state index is 0.0123. The summed E-state index contributed by atoms with van der Waals surface area (Å²) in [5.41, 5.74) is 2.55. The Hall–Kier alpha value is -1.69. The van der Waals surface area contributed by atoms with Crippen LogP contribution in [0.3, 0.4) is 0 Å². The molecule has 1 aliphatic heterocycles. The van der Waals surface area contributed by atoms with Crippen LogP contribution in [0, 0.1) is 11.3 Å². The van der Waals surface area contributed by atoms with Crippen LogP contribution >= 0.6 is 23.2 Å². The van der Waals surface area contributed by atoms with E-state index in [0.717, 1.165) is 11.3 Å². The lowest BCUT2D eigenvalue weighted by Crippen LogP contribution is -2.39. The molecule has 3 rings (SSSR count). The number of allylic oxidation sites excluding steroid dienone is 2. The first-order valence-corrected chi connectivity index (χ1v) is 10.3. The van der Waals surface area contributed by atoms with Gasteiger partial charge in [-0.1, -0.05) is 43.1 Å². The van der Waals surface area contributed by atoms with Crippen molar-refractivity contribution < 1.29 is 19.1 Å². The van der Waals surface area contributed by atoms with Crippen molar-refractivity contribution >= 4 is 40.7 Å². The number of carbonyl (C=O) groups excluding carboxylic acids is 2. The van der Waals surface area contributed by atoms with Gasteiger partial charge in [0.1, 0.15) is 12.5 Å². The number of carbonyl (C=O) groups is 2. The summed E-state index contributed by atoms with van der Waals surface area (Å²) in [4.78, 5) is 30.8. The van der Waals surface area contributed by atoms with Crippen LogP contribution in [0.5, 0.6) is 0 Å². The van der Waals surface area contributed by atoms with E-state index < -0.39 is 17.8 Å². The summed E-state index contributed by atoms with van der Waals surface area (Å²) in [7, 11) is 1.54. The zero-order valence-corrected chi connectivity index (χ0v) is 18.6. The summed E-state index contributed by atoms with van der Waals surface area (Å²) in [6.45, 7) is 6.35. The molecule has 0 radical (unpaired) electrons. The molecule has 156 valence electrons. The average molecular weight is 438 g/mol. The molecule has 1 unspecified atom stereocenters. The van der Waals surface area contributed by atoms with Gasteiger partial charge in [0.15, 0.2) is 5.78 Å². The first-order chi connectivity index (χ1) is 13.6. The predicted octanol–water partition coefficient (Wildman–Crippen LogP) is 5.00. The molecule has 0 spiro atoms. The van der Waals surface area contributed by atoms with E-state index in [2.05, 4.69) is 18.8 Å². The fraction of sp³-hybridized carbons (Fsp3) is 0.500. The topological polar surface area (TPSA) is 65.0 Å². The minimum atomic E-state index is -0.701. The lowest BCUT2D eigenvalue weighted by atomic mass is 9.67. The Kier molecular flexibility index (Phi) is 6.51. The van der Waals surface area contributed by atoms with Crippen LogP contribution in [0.1, 0.15) is 45.1 Å². The van der Waals surface area contributed by atoms with Gasteiger partial charge in [-0.3, -0.25) is 14.6 Å². The quantitative estimate of drug-likeness (QED) is 0.480. The zero-order valence-electron chi connectivity index (χ0n) is 17.1. The summed E-state index contributed by atoms with van der Waals surface area (Å²) in [6.07, 6.45) is 1.08. The van der Waals surface area contributed by atoms with Crippen molar-refractivity contribution in [2.75, 3.05) is 20.3 Å². The first-order valence-electron chi connectivity index (χ1n) is 9.56. The molecule has 1 aromatic carbocycles. The average Bonchev–Trinajstić information content (AvgIpc) is 2.61. The molecule has 1 heterocycles. The summed E-state index contributed by atoms with van der Waals surface area (Å²) < 4.78 is 10.4. The number of rotatable bonds is 5. The Morgan fingerprint density at radius 2 is 1.93 bits per heavy atom. The summed E-state index contributed by atoms with van der Waals surface area (Å²) in [5, 5.41) is 0.794. The smallest absolute Gasteiger partial charge is 0.315 e. The van der Waals surface area contributed by atoms with Crippen molar-refractivity contribution in [2.24, 2.45) is 16.3 Å². The SMILES string of the molecule is COCCOC(=O)C1C(C)=NC2=C(C(=O)CC(C)(C)C2)[C@H]1c1ccc(Cl)c(Cl)c1. The zero-order chi connectivity index (χ0) is 21.3. The van der Waals surface area contributed by atoms with E-state index in [0.29, 0.717) is 40.8 Å². The van der Waals surface area contributed by atoms with Gasteiger partial charge < -0.3 is 9.47 Å². The van der Waals surface area contributed by atoms with Gasteiger partial charge in [0.25, 0.3) is 0 Å². The number of hydrogen-bond acceptors (Lipinski definition) is 5. The molecule has 0 saturated heterocycles. The van der Waals surface area contributed by atoms with Crippen LogP contribution in [0.4, 0.5) is 0 Å². The van der Waals surface area contributed by atoms with Crippen molar-refractivity contribution in [1.82, 2.24) is 0 Å². The molecule has 5 nitrogen and oxygen atoms in total. The van der Waals surface area contributed by atoms with Gasteiger partial charge >= 0.3 is 5.97 Å². The number of ketones is 1. The van der Waals surface area contributed by atoms with E-state index in [-0.39, 0.29) is 17.8 Å². The summed E-state index contributed by atoms with van der Waals surface area (Å²) in [6, 6.07) is 5.22. The standard InChI is InChI=1S/C22H25Cl2NO4/c1-12-18(21(27)29-8-7-28-4)19(13-5-6-14(23)15(24)9-13)20-16(25-12)10-22(2,3)11-17(20)26/h5-6,9,18-19H,7-8,10-11H2,1-4H3/t18?,19-/m0/s1. The van der Waals surface area contributed by atoms with Gasteiger partial charge in [-0.15, -0.1) is 0 Å². The number of methoxy groups -OCH3 is 1. The van der Waals surface area contributed by atoms with Gasteiger partial charge in [-0.2, -0.15) is 0 Å². The molecule has 0 amide bonds. The Labute approximate surface area is 181 Å². The predicted molar refractivity (Wildman–Crippen MR) is 114 cm³/mol. The van der Waals surface area contributed by atoms with Crippen LogP contribution in [0.15, 0.2) is 34.5 Å². The number of hydrogen-bond donors (Lipinski definition) is 0. The Bertz CT molecular complexity index is 904. The van der Waals surface area contributed by atoms with Gasteiger partial charge in [-0.05, 0) is 36.5 Å². The number of benzene rings is 1. The van der Waals surface area contributed by atoms with Crippen molar-refractivity contribution in [1.29, 1.82) is 0 Å². The highest BCUT2D eigenvalue weighted by molar-refractivity contribution is 6.42. The maximum Gasteiger partial charge on any atom is 0.315 e. The third-order valence-electron chi connectivity index (χ3n) is 5.39. The molecular weight excluding hydrogens is 413 g/mol. The molecule has 2 aliphatic rings. The van der Waals surface area contributed by atoms with Crippen molar-refractivity contribution in [3.63, 3.8) is 0 Å². The molecule has 0 saturated carbocycles. The Morgan fingerprint density at radius 3 is 2.59 bits per heavy atom. The van der Waals surface area contributed by atoms with Crippen molar-refractivity contribution in [2.45, 2.75) is 39.5 Å². The summed E-state index contributed by atoms with van der Waals surface area (Å²) >= 11 is 12.4. The highest BCUT2D eigenvalue weighted by Gasteiger charge is 2.46. The third kappa shape index (κ3) is 4.57. The molecule has 1 aromatic rings. The molecule has 7 heteroatoms. The highest BCUT2D eigenvalue weighted by atomic mass is 35.5. The highest BCUT2D eigenvalue weighted by Crippen LogP contribution is 2.48. The fourth-order valence-electron chi connectivity index (χ4n) is 4.13. The van der Waals surface area contributed by atoms with Gasteiger partial charge in [-0.25, -0.2) is 0 Å². The Balaban J connectivity index is 2.10. The number of esters is 1. The second kappa shape index (κ2) is 8.58. The van der Waals surface area contributed by atoms with Crippen LogP contribution in [-0.2, 0) is 19.1 Å². The molecule has 0 N–H and O–H groups in total. The maximum atomic E-state index is 13.2. The van der Waals surface area contributed by atoms with Crippen LogP contribution < -0.4 is 0 Å². The molecule has 0 fully saturated rings. The largest absolute Gasteiger partial charge is 0.463 e. The first kappa shape index (κ1) is 22.0. The van der Waals surface area contributed by atoms with Crippen molar-refractivity contribution in [3.05, 3.63) is 45.1 Å². The lowest BCUT2D eigenvalue weighted by Gasteiger charge is -2.39. The van der Waals surface area contributed by atoms with Crippen LogP contribution in [0.25, 0.3) is 0 Å².